The molecule has 1 aromatic rings. The number of ether oxygens (including phenoxy) is 1. The number of rotatable bonds is 6. The van der Waals surface area contributed by atoms with Gasteiger partial charge in [-0.1, -0.05) is 12.1 Å². The van der Waals surface area contributed by atoms with Crippen molar-refractivity contribution < 1.29 is 13.2 Å². The summed E-state index contributed by atoms with van der Waals surface area (Å²) in [6, 6.07) is 6.64. The summed E-state index contributed by atoms with van der Waals surface area (Å²) in [6.07, 6.45) is 1.86. The van der Waals surface area contributed by atoms with Gasteiger partial charge in [0.2, 0.25) is 10.0 Å². The SMILES string of the molecule is CN(C)C(N)=NCc1ccc(S(=O)(=O)NCC2CCCO2)cc1. The highest BCUT2D eigenvalue weighted by Gasteiger charge is 2.20. The second-order valence-corrected chi connectivity index (χ2v) is 7.47. The van der Waals surface area contributed by atoms with Gasteiger partial charge in [-0.15, -0.1) is 0 Å². The molecule has 1 unspecified atom stereocenters. The van der Waals surface area contributed by atoms with Gasteiger partial charge in [-0.3, -0.25) is 0 Å². The Kier molecular flexibility index (Phi) is 5.97. The fourth-order valence-electron chi connectivity index (χ4n) is 2.18. The summed E-state index contributed by atoms with van der Waals surface area (Å²) in [5.74, 6) is 0.430. The molecule has 0 saturated carbocycles. The Bertz CT molecular complexity index is 635. The Morgan fingerprint density at radius 1 is 1.39 bits per heavy atom. The van der Waals surface area contributed by atoms with Gasteiger partial charge >= 0.3 is 0 Å². The molecule has 1 fully saturated rings. The van der Waals surface area contributed by atoms with E-state index in [0.717, 1.165) is 18.4 Å². The summed E-state index contributed by atoms with van der Waals surface area (Å²) in [5.41, 5.74) is 6.62. The van der Waals surface area contributed by atoms with Crippen molar-refractivity contribution in [3.63, 3.8) is 0 Å². The van der Waals surface area contributed by atoms with E-state index in [0.29, 0.717) is 25.7 Å². The molecule has 1 atom stereocenters. The van der Waals surface area contributed by atoms with E-state index in [1.165, 1.54) is 0 Å². The molecule has 0 bridgehead atoms. The first kappa shape index (κ1) is 17.7. The molecule has 0 spiro atoms. The molecule has 2 rings (SSSR count). The summed E-state index contributed by atoms with van der Waals surface area (Å²) in [7, 11) is 0.119. The summed E-state index contributed by atoms with van der Waals surface area (Å²) in [5, 5.41) is 0. The monoisotopic (exact) mass is 340 g/mol. The van der Waals surface area contributed by atoms with Crippen LogP contribution in [0.5, 0.6) is 0 Å². The number of nitrogens with one attached hydrogen (secondary N) is 1. The smallest absolute Gasteiger partial charge is 0.240 e. The van der Waals surface area contributed by atoms with Crippen LogP contribution in [0.15, 0.2) is 34.2 Å². The number of nitrogens with two attached hydrogens (primary N) is 1. The van der Waals surface area contributed by atoms with Crippen molar-refractivity contribution >= 4 is 16.0 Å². The number of aliphatic imine (C=N–C) groups is 1. The lowest BCUT2D eigenvalue weighted by molar-refractivity contribution is 0.114. The van der Waals surface area contributed by atoms with Gasteiger partial charge in [0.25, 0.3) is 0 Å². The lowest BCUT2D eigenvalue weighted by Crippen LogP contribution is -2.31. The summed E-state index contributed by atoms with van der Waals surface area (Å²) in [4.78, 5) is 6.17. The Morgan fingerprint density at radius 3 is 2.65 bits per heavy atom. The van der Waals surface area contributed by atoms with Crippen molar-refractivity contribution in [2.45, 2.75) is 30.4 Å². The Morgan fingerprint density at radius 2 is 2.09 bits per heavy atom. The molecule has 7 nitrogen and oxygen atoms in total. The highest BCUT2D eigenvalue weighted by Crippen LogP contribution is 2.14. The lowest BCUT2D eigenvalue weighted by atomic mass is 10.2. The maximum atomic E-state index is 12.2. The molecule has 1 aromatic carbocycles. The zero-order valence-corrected chi connectivity index (χ0v) is 14.3. The summed E-state index contributed by atoms with van der Waals surface area (Å²) < 4.78 is 32.5. The van der Waals surface area contributed by atoms with Gasteiger partial charge < -0.3 is 15.4 Å². The number of sulfonamides is 1. The third-order valence-corrected chi connectivity index (χ3v) is 5.08. The number of hydrogen-bond acceptors (Lipinski definition) is 4. The number of guanidine groups is 1. The zero-order valence-electron chi connectivity index (χ0n) is 13.5. The highest BCUT2D eigenvalue weighted by molar-refractivity contribution is 7.89. The number of nitrogens with zero attached hydrogens (tertiary/aromatic N) is 2. The fourth-order valence-corrected chi connectivity index (χ4v) is 3.25. The van der Waals surface area contributed by atoms with Crippen LogP contribution in [0.25, 0.3) is 0 Å². The van der Waals surface area contributed by atoms with E-state index >= 15 is 0 Å². The third kappa shape index (κ3) is 5.19. The molecule has 0 radical (unpaired) electrons. The first-order valence-electron chi connectivity index (χ1n) is 7.56. The highest BCUT2D eigenvalue weighted by atomic mass is 32.2. The standard InChI is InChI=1S/C15H24N4O3S/c1-19(2)15(16)17-10-12-5-7-14(8-6-12)23(20,21)18-11-13-4-3-9-22-13/h5-8,13,18H,3-4,9-11H2,1-2H3,(H2,16,17). The fraction of sp³-hybridized carbons (Fsp3) is 0.533. The van der Waals surface area contributed by atoms with Crippen molar-refractivity contribution in [2.24, 2.45) is 10.7 Å². The van der Waals surface area contributed by atoms with Crippen LogP contribution < -0.4 is 10.5 Å². The second-order valence-electron chi connectivity index (χ2n) is 5.70. The van der Waals surface area contributed by atoms with Gasteiger partial charge in [0.05, 0.1) is 17.5 Å². The van der Waals surface area contributed by atoms with E-state index in [-0.39, 0.29) is 11.0 Å². The van der Waals surface area contributed by atoms with Gasteiger partial charge in [0.15, 0.2) is 5.96 Å². The van der Waals surface area contributed by atoms with Crippen molar-refractivity contribution in [3.8, 4) is 0 Å². The molecule has 8 heteroatoms. The van der Waals surface area contributed by atoms with E-state index in [9.17, 15) is 8.42 Å². The predicted octanol–water partition coefficient (Wildman–Crippen LogP) is 0.520. The Labute approximate surface area is 137 Å². The van der Waals surface area contributed by atoms with Crippen molar-refractivity contribution in [3.05, 3.63) is 29.8 Å². The van der Waals surface area contributed by atoms with Gasteiger partial charge in [-0.2, -0.15) is 0 Å². The van der Waals surface area contributed by atoms with Crippen LogP contribution >= 0.6 is 0 Å². The maximum absolute atomic E-state index is 12.2. The van der Waals surface area contributed by atoms with E-state index in [2.05, 4.69) is 9.71 Å². The molecule has 128 valence electrons. The van der Waals surface area contributed by atoms with Gasteiger partial charge in [-0.25, -0.2) is 18.1 Å². The molecular weight excluding hydrogens is 316 g/mol. The van der Waals surface area contributed by atoms with E-state index in [4.69, 9.17) is 10.5 Å². The quantitative estimate of drug-likeness (QED) is 0.581. The van der Waals surface area contributed by atoms with Gasteiger partial charge in [0, 0.05) is 27.2 Å². The lowest BCUT2D eigenvalue weighted by Gasteiger charge is -2.12. The minimum atomic E-state index is -3.51. The normalized spacial score (nSPS) is 19.0. The average Bonchev–Trinajstić information content (AvgIpc) is 3.04. The molecule has 1 aliphatic rings. The molecular formula is C15H24N4O3S. The van der Waals surface area contributed by atoms with Crippen molar-refractivity contribution in [2.75, 3.05) is 27.2 Å². The molecule has 0 aliphatic carbocycles. The van der Waals surface area contributed by atoms with Crippen LogP contribution in [0.4, 0.5) is 0 Å². The minimum Gasteiger partial charge on any atom is -0.377 e. The van der Waals surface area contributed by atoms with Gasteiger partial charge in [0.1, 0.15) is 0 Å². The molecule has 0 amide bonds. The Hall–Kier alpha value is -1.64. The van der Waals surface area contributed by atoms with Crippen LogP contribution in [0.2, 0.25) is 0 Å². The van der Waals surface area contributed by atoms with E-state index < -0.39 is 10.0 Å². The third-order valence-electron chi connectivity index (χ3n) is 3.64. The summed E-state index contributed by atoms with van der Waals surface area (Å²) >= 11 is 0. The largest absolute Gasteiger partial charge is 0.377 e. The molecule has 3 N–H and O–H groups in total. The minimum absolute atomic E-state index is 0.0209. The van der Waals surface area contributed by atoms with E-state index in [1.807, 2.05) is 14.1 Å². The molecule has 1 saturated heterocycles. The Balaban J connectivity index is 1.96. The van der Waals surface area contributed by atoms with Crippen LogP contribution in [-0.4, -0.2) is 52.6 Å². The molecule has 0 aromatic heterocycles. The zero-order chi connectivity index (χ0) is 16.9. The van der Waals surface area contributed by atoms with Gasteiger partial charge in [-0.05, 0) is 30.5 Å². The first-order chi connectivity index (χ1) is 10.9. The maximum Gasteiger partial charge on any atom is 0.240 e. The topological polar surface area (TPSA) is 97.0 Å². The molecule has 23 heavy (non-hydrogen) atoms. The molecule has 1 heterocycles. The van der Waals surface area contributed by atoms with Crippen LogP contribution in [0.1, 0.15) is 18.4 Å². The second kappa shape index (κ2) is 7.76. The molecule has 1 aliphatic heterocycles. The van der Waals surface area contributed by atoms with Crippen LogP contribution in [0.3, 0.4) is 0 Å². The van der Waals surface area contributed by atoms with Crippen molar-refractivity contribution in [1.29, 1.82) is 0 Å². The first-order valence-corrected chi connectivity index (χ1v) is 9.04. The van der Waals surface area contributed by atoms with Crippen molar-refractivity contribution in [1.82, 2.24) is 9.62 Å². The average molecular weight is 340 g/mol. The number of benzene rings is 1. The van der Waals surface area contributed by atoms with E-state index in [1.54, 1.807) is 29.2 Å². The summed E-state index contributed by atoms with van der Waals surface area (Å²) in [6.45, 7) is 1.43. The number of hydrogen-bond donors (Lipinski definition) is 2. The van der Waals surface area contributed by atoms with Crippen LogP contribution in [0, 0.1) is 0 Å². The van der Waals surface area contributed by atoms with Crippen LogP contribution in [-0.2, 0) is 21.3 Å². The predicted molar refractivity (Wildman–Crippen MR) is 89.6 cm³/mol.